The fourth-order valence-corrected chi connectivity index (χ4v) is 2.66. The molecule has 0 unspecified atom stereocenters. The zero-order chi connectivity index (χ0) is 15.2. The van der Waals surface area contributed by atoms with Gasteiger partial charge in [-0.1, -0.05) is 12.1 Å². The zero-order valence-corrected chi connectivity index (χ0v) is 11.6. The molecule has 1 aliphatic rings. The Morgan fingerprint density at radius 3 is 2.62 bits per heavy atom. The number of aliphatic carboxylic acids is 1. The van der Waals surface area contributed by atoms with Crippen molar-refractivity contribution in [3.8, 4) is 0 Å². The van der Waals surface area contributed by atoms with Crippen LogP contribution in [-0.2, 0) is 4.79 Å². The summed E-state index contributed by atoms with van der Waals surface area (Å²) >= 11 is 0. The maximum Gasteiger partial charge on any atom is 0.306 e. The molecule has 2 rings (SSSR count). The van der Waals surface area contributed by atoms with Crippen LogP contribution in [0.15, 0.2) is 29.3 Å². The number of carboxylic acid groups (broad SMARTS) is 1. The van der Waals surface area contributed by atoms with E-state index in [-0.39, 0.29) is 11.6 Å². The number of para-hydroxylation sites is 1. The molecule has 1 aliphatic carbocycles. The molecule has 21 heavy (non-hydrogen) atoms. The van der Waals surface area contributed by atoms with Crippen LogP contribution < -0.4 is 0 Å². The molecular formula is C15H18N2O4. The highest BCUT2D eigenvalue weighted by molar-refractivity contribution is 5.85. The molecule has 0 radical (unpaired) electrons. The number of rotatable bonds is 5. The minimum atomic E-state index is -0.711. The average Bonchev–Trinajstić information content (AvgIpc) is 2.48. The number of carbonyl (C=O) groups is 1. The van der Waals surface area contributed by atoms with Crippen LogP contribution in [0.25, 0.3) is 0 Å². The van der Waals surface area contributed by atoms with E-state index in [1.54, 1.807) is 24.4 Å². The first-order chi connectivity index (χ1) is 10.1. The van der Waals surface area contributed by atoms with Gasteiger partial charge in [0, 0.05) is 18.8 Å². The maximum atomic E-state index is 10.9. The number of nitro groups is 1. The average molecular weight is 290 g/mol. The van der Waals surface area contributed by atoms with E-state index in [4.69, 9.17) is 5.11 Å². The van der Waals surface area contributed by atoms with E-state index in [0.717, 1.165) is 12.8 Å². The Bertz CT molecular complexity index is 548. The Hall–Kier alpha value is -2.24. The second kappa shape index (κ2) is 6.97. The van der Waals surface area contributed by atoms with Crippen LogP contribution in [0.2, 0.25) is 0 Å². The molecule has 1 fully saturated rings. The van der Waals surface area contributed by atoms with E-state index in [1.807, 2.05) is 0 Å². The highest BCUT2D eigenvalue weighted by Crippen LogP contribution is 2.29. The smallest absolute Gasteiger partial charge is 0.306 e. The summed E-state index contributed by atoms with van der Waals surface area (Å²) in [5.74, 6) is -0.558. The highest BCUT2D eigenvalue weighted by atomic mass is 16.6. The summed E-state index contributed by atoms with van der Waals surface area (Å²) < 4.78 is 0. The summed E-state index contributed by atoms with van der Waals surface area (Å²) in [6.45, 7) is 0.596. The Balaban J connectivity index is 1.89. The largest absolute Gasteiger partial charge is 0.481 e. The fraction of sp³-hybridized carbons (Fsp3) is 0.467. The van der Waals surface area contributed by atoms with Crippen molar-refractivity contribution in [3.63, 3.8) is 0 Å². The molecule has 0 spiro atoms. The van der Waals surface area contributed by atoms with Crippen molar-refractivity contribution in [2.75, 3.05) is 6.54 Å². The molecule has 0 heterocycles. The van der Waals surface area contributed by atoms with E-state index >= 15 is 0 Å². The first-order valence-corrected chi connectivity index (χ1v) is 7.04. The molecule has 1 aromatic rings. The van der Waals surface area contributed by atoms with Gasteiger partial charge in [0.25, 0.3) is 5.69 Å². The third kappa shape index (κ3) is 4.11. The molecule has 0 aliphatic heterocycles. The van der Waals surface area contributed by atoms with Crippen molar-refractivity contribution >= 4 is 17.9 Å². The molecule has 1 N–H and O–H groups in total. The van der Waals surface area contributed by atoms with Crippen molar-refractivity contribution < 1.29 is 14.8 Å². The Labute approximate surface area is 122 Å². The second-order valence-electron chi connectivity index (χ2n) is 5.37. The molecule has 6 nitrogen and oxygen atoms in total. The van der Waals surface area contributed by atoms with Gasteiger partial charge < -0.3 is 5.11 Å². The van der Waals surface area contributed by atoms with Crippen LogP contribution >= 0.6 is 0 Å². The monoisotopic (exact) mass is 290 g/mol. The summed E-state index contributed by atoms with van der Waals surface area (Å²) in [6.07, 6.45) is 4.64. The minimum absolute atomic E-state index is 0.0517. The molecule has 0 atom stereocenters. The molecule has 6 heteroatoms. The predicted octanol–water partition coefficient (Wildman–Crippen LogP) is 2.90. The van der Waals surface area contributed by atoms with Gasteiger partial charge in [-0.25, -0.2) is 0 Å². The van der Waals surface area contributed by atoms with Crippen LogP contribution in [0, 0.1) is 22.0 Å². The van der Waals surface area contributed by atoms with Gasteiger partial charge >= 0.3 is 5.97 Å². The first-order valence-electron chi connectivity index (χ1n) is 7.04. The van der Waals surface area contributed by atoms with Crippen molar-refractivity contribution in [3.05, 3.63) is 39.9 Å². The van der Waals surface area contributed by atoms with Crippen LogP contribution in [0.1, 0.15) is 31.2 Å². The number of aliphatic imine (C=N–C) groups is 1. The van der Waals surface area contributed by atoms with Gasteiger partial charge in [-0.2, -0.15) is 0 Å². The highest BCUT2D eigenvalue weighted by Gasteiger charge is 2.25. The summed E-state index contributed by atoms with van der Waals surface area (Å²) in [5.41, 5.74) is 0.553. The first kappa shape index (κ1) is 15.2. The fourth-order valence-electron chi connectivity index (χ4n) is 2.66. The van der Waals surface area contributed by atoms with Gasteiger partial charge in [0.2, 0.25) is 0 Å². The lowest BCUT2D eigenvalue weighted by Gasteiger charge is -2.24. The summed E-state index contributed by atoms with van der Waals surface area (Å²) in [5, 5.41) is 19.8. The maximum absolute atomic E-state index is 10.9. The lowest BCUT2D eigenvalue weighted by Crippen LogP contribution is -2.22. The Kier molecular flexibility index (Phi) is 5.03. The van der Waals surface area contributed by atoms with Gasteiger partial charge in [0.1, 0.15) is 0 Å². The predicted molar refractivity (Wildman–Crippen MR) is 78.6 cm³/mol. The quantitative estimate of drug-likeness (QED) is 0.512. The summed E-state index contributed by atoms with van der Waals surface area (Å²) in [6, 6.07) is 6.50. The van der Waals surface area contributed by atoms with E-state index in [9.17, 15) is 14.9 Å². The molecular weight excluding hydrogens is 272 g/mol. The molecule has 112 valence electrons. The van der Waals surface area contributed by atoms with Crippen molar-refractivity contribution in [2.24, 2.45) is 16.8 Å². The number of nitrogens with zero attached hydrogens (tertiary/aromatic N) is 2. The molecule has 0 saturated heterocycles. The van der Waals surface area contributed by atoms with Crippen LogP contribution in [0.5, 0.6) is 0 Å². The van der Waals surface area contributed by atoms with E-state index in [2.05, 4.69) is 4.99 Å². The van der Waals surface area contributed by atoms with Gasteiger partial charge in [-0.3, -0.25) is 19.9 Å². The molecule has 1 aromatic carbocycles. The standard InChI is InChI=1S/C15H18N2O4/c18-15(19)12-7-5-11(6-8-12)9-16-10-13-3-1-2-4-14(13)17(20)21/h1-4,10-12H,5-9H2,(H,18,19)/t11-,12-. The van der Waals surface area contributed by atoms with Crippen LogP contribution in [0.3, 0.4) is 0 Å². The lowest BCUT2D eigenvalue weighted by molar-refractivity contribution is -0.385. The molecule has 0 bridgehead atoms. The Morgan fingerprint density at radius 1 is 1.33 bits per heavy atom. The van der Waals surface area contributed by atoms with E-state index in [0.29, 0.717) is 30.9 Å². The number of hydrogen-bond acceptors (Lipinski definition) is 4. The molecule has 0 amide bonds. The van der Waals surface area contributed by atoms with Crippen molar-refractivity contribution in [2.45, 2.75) is 25.7 Å². The normalized spacial score (nSPS) is 22.3. The number of benzene rings is 1. The third-order valence-corrected chi connectivity index (χ3v) is 3.92. The van der Waals surface area contributed by atoms with Crippen molar-refractivity contribution in [1.29, 1.82) is 0 Å². The number of hydrogen-bond donors (Lipinski definition) is 1. The van der Waals surface area contributed by atoms with E-state index < -0.39 is 10.9 Å². The van der Waals surface area contributed by atoms with Crippen LogP contribution in [-0.4, -0.2) is 28.8 Å². The summed E-state index contributed by atoms with van der Waals surface area (Å²) in [7, 11) is 0. The SMILES string of the molecule is O=C(O)[C@H]1CC[C@H](CN=Cc2ccccc2[N+](=O)[O-])CC1. The zero-order valence-electron chi connectivity index (χ0n) is 11.6. The van der Waals surface area contributed by atoms with Gasteiger partial charge in [0.05, 0.1) is 16.4 Å². The van der Waals surface area contributed by atoms with Gasteiger partial charge in [0.15, 0.2) is 0 Å². The second-order valence-corrected chi connectivity index (χ2v) is 5.37. The van der Waals surface area contributed by atoms with Crippen molar-refractivity contribution in [1.82, 2.24) is 0 Å². The number of nitro benzene ring substituents is 1. The van der Waals surface area contributed by atoms with Crippen LogP contribution in [0.4, 0.5) is 5.69 Å². The third-order valence-electron chi connectivity index (χ3n) is 3.92. The minimum Gasteiger partial charge on any atom is -0.481 e. The lowest BCUT2D eigenvalue weighted by atomic mass is 9.82. The van der Waals surface area contributed by atoms with Gasteiger partial charge in [-0.15, -0.1) is 0 Å². The topological polar surface area (TPSA) is 92.8 Å². The summed E-state index contributed by atoms with van der Waals surface area (Å²) in [4.78, 5) is 25.6. The number of carboxylic acids is 1. The van der Waals surface area contributed by atoms with Gasteiger partial charge in [-0.05, 0) is 37.7 Å². The van der Waals surface area contributed by atoms with E-state index in [1.165, 1.54) is 6.07 Å². The molecule has 0 aromatic heterocycles. The molecule has 1 saturated carbocycles. The Morgan fingerprint density at radius 2 is 2.00 bits per heavy atom.